The predicted octanol–water partition coefficient (Wildman–Crippen LogP) is 5.21. The molecule has 32 heavy (non-hydrogen) atoms. The molecule has 7 heteroatoms. The second-order valence-electron chi connectivity index (χ2n) is 7.14. The first-order chi connectivity index (χ1) is 15.6. The summed E-state index contributed by atoms with van der Waals surface area (Å²) in [4.78, 5) is 19.1. The molecule has 2 aromatic carbocycles. The zero-order valence-electron chi connectivity index (χ0n) is 17.9. The summed E-state index contributed by atoms with van der Waals surface area (Å²) >= 11 is 7.12. The maximum absolute atomic E-state index is 13.2. The first-order valence-corrected chi connectivity index (χ1v) is 11.7. The van der Waals surface area contributed by atoms with Gasteiger partial charge in [0.2, 0.25) is 0 Å². The lowest BCUT2D eigenvalue weighted by Crippen LogP contribution is -2.31. The number of pyridine rings is 1. The maximum Gasteiger partial charge on any atom is 0.281 e. The van der Waals surface area contributed by atoms with Crippen LogP contribution in [0.5, 0.6) is 5.75 Å². The van der Waals surface area contributed by atoms with Crippen LogP contribution in [0.3, 0.4) is 0 Å². The van der Waals surface area contributed by atoms with Gasteiger partial charge in [0.15, 0.2) is 5.11 Å². The van der Waals surface area contributed by atoms with Crippen molar-refractivity contribution in [2.24, 2.45) is 0 Å². The van der Waals surface area contributed by atoms with Gasteiger partial charge in [-0.1, -0.05) is 37.3 Å². The van der Waals surface area contributed by atoms with Crippen LogP contribution >= 0.6 is 24.0 Å². The minimum atomic E-state index is -0.156. The Morgan fingerprint density at radius 2 is 1.94 bits per heavy atom. The normalized spacial score (nSPS) is 14.7. The van der Waals surface area contributed by atoms with Gasteiger partial charge >= 0.3 is 0 Å². The highest BCUT2D eigenvalue weighted by atomic mass is 32.2. The van der Waals surface area contributed by atoms with Crippen LogP contribution in [0.1, 0.15) is 23.6 Å². The Hall–Kier alpha value is -3.16. The van der Waals surface area contributed by atoms with Crippen LogP contribution in [0.25, 0.3) is 6.08 Å². The third-order valence-corrected chi connectivity index (χ3v) is 6.40. The zero-order chi connectivity index (χ0) is 22.5. The number of amides is 1. The molecule has 3 aromatic rings. The van der Waals surface area contributed by atoms with Crippen LogP contribution in [0, 0.1) is 0 Å². The third kappa shape index (κ3) is 4.69. The van der Waals surface area contributed by atoms with Crippen molar-refractivity contribution in [1.29, 1.82) is 0 Å². The standard InChI is InChI=1S/C25H23N3O2S2/c1-3-18-8-4-5-9-21(18)28-24(29)20(27-25(28)31)15-17-11-12-22(30-2)19(14-17)16-32-23-10-6-7-13-26-23/h4-15H,3,16H2,1-2H3,(H,27,31)/b20-15+. The van der Waals surface area contributed by atoms with E-state index >= 15 is 0 Å². The Labute approximate surface area is 197 Å². The van der Waals surface area contributed by atoms with E-state index in [9.17, 15) is 4.79 Å². The van der Waals surface area contributed by atoms with Crippen LogP contribution in [-0.4, -0.2) is 23.1 Å². The van der Waals surface area contributed by atoms with Crippen molar-refractivity contribution in [3.8, 4) is 5.75 Å². The number of methoxy groups -OCH3 is 1. The molecule has 1 aromatic heterocycles. The summed E-state index contributed by atoms with van der Waals surface area (Å²) in [6, 6.07) is 19.6. The van der Waals surface area contributed by atoms with E-state index in [2.05, 4.69) is 17.2 Å². The van der Waals surface area contributed by atoms with E-state index < -0.39 is 0 Å². The molecule has 5 nitrogen and oxygen atoms in total. The van der Waals surface area contributed by atoms with E-state index in [0.717, 1.165) is 39.6 Å². The SMILES string of the molecule is CCc1ccccc1N1C(=O)/C(=C\c2ccc(OC)c(CSc3ccccn3)c2)NC1=S. The molecule has 2 heterocycles. The number of thioether (sulfide) groups is 1. The third-order valence-electron chi connectivity index (χ3n) is 5.12. The molecule has 0 atom stereocenters. The number of para-hydroxylation sites is 1. The van der Waals surface area contributed by atoms with Crippen molar-refractivity contribution in [3.05, 3.63) is 89.2 Å². The molecular weight excluding hydrogens is 438 g/mol. The number of anilines is 1. The highest BCUT2D eigenvalue weighted by Gasteiger charge is 2.32. The lowest BCUT2D eigenvalue weighted by molar-refractivity contribution is -0.113. The summed E-state index contributed by atoms with van der Waals surface area (Å²) in [6.07, 6.45) is 4.43. The molecule has 162 valence electrons. The monoisotopic (exact) mass is 461 g/mol. The summed E-state index contributed by atoms with van der Waals surface area (Å²) in [5.41, 5.74) is 4.27. The Morgan fingerprint density at radius 1 is 1.12 bits per heavy atom. The molecule has 1 fully saturated rings. The topological polar surface area (TPSA) is 54.5 Å². The number of ether oxygens (including phenoxy) is 1. The Morgan fingerprint density at radius 3 is 2.69 bits per heavy atom. The number of hydrogen-bond acceptors (Lipinski definition) is 5. The number of aryl methyl sites for hydroxylation is 1. The quantitative estimate of drug-likeness (QED) is 0.296. The van der Waals surface area contributed by atoms with Crippen LogP contribution in [0.4, 0.5) is 5.69 Å². The van der Waals surface area contributed by atoms with E-state index in [4.69, 9.17) is 17.0 Å². The molecule has 1 saturated heterocycles. The summed E-state index contributed by atoms with van der Waals surface area (Å²) in [5, 5.41) is 4.42. The van der Waals surface area contributed by atoms with Gasteiger partial charge in [-0.05, 0) is 66.2 Å². The number of rotatable bonds is 7. The molecule has 1 aliphatic heterocycles. The smallest absolute Gasteiger partial charge is 0.281 e. The first-order valence-electron chi connectivity index (χ1n) is 10.3. The van der Waals surface area contributed by atoms with Crippen molar-refractivity contribution >= 4 is 46.8 Å². The predicted molar refractivity (Wildman–Crippen MR) is 134 cm³/mol. The van der Waals surface area contributed by atoms with Gasteiger partial charge in [0, 0.05) is 17.5 Å². The largest absolute Gasteiger partial charge is 0.496 e. The van der Waals surface area contributed by atoms with Gasteiger partial charge in [-0.2, -0.15) is 0 Å². The number of thiocarbonyl (C=S) groups is 1. The van der Waals surface area contributed by atoms with Gasteiger partial charge in [-0.3, -0.25) is 9.69 Å². The summed E-state index contributed by atoms with van der Waals surface area (Å²) in [6.45, 7) is 2.06. The van der Waals surface area contributed by atoms with E-state index in [-0.39, 0.29) is 5.91 Å². The molecule has 0 spiro atoms. The maximum atomic E-state index is 13.2. The Balaban J connectivity index is 1.59. The Bertz CT molecular complexity index is 1180. The van der Waals surface area contributed by atoms with Crippen molar-refractivity contribution in [2.75, 3.05) is 12.0 Å². The van der Waals surface area contributed by atoms with E-state index in [0.29, 0.717) is 16.6 Å². The molecule has 0 bridgehead atoms. The van der Waals surface area contributed by atoms with Gasteiger partial charge in [-0.15, -0.1) is 11.8 Å². The fraction of sp³-hybridized carbons (Fsp3) is 0.160. The minimum absolute atomic E-state index is 0.156. The number of benzene rings is 2. The van der Waals surface area contributed by atoms with Gasteiger partial charge in [0.1, 0.15) is 11.4 Å². The van der Waals surface area contributed by atoms with Crippen LogP contribution in [-0.2, 0) is 17.0 Å². The number of aromatic nitrogens is 1. The van der Waals surface area contributed by atoms with Gasteiger partial charge in [0.05, 0.1) is 17.8 Å². The fourth-order valence-electron chi connectivity index (χ4n) is 3.53. The van der Waals surface area contributed by atoms with E-state index in [1.54, 1.807) is 30.0 Å². The lowest BCUT2D eigenvalue weighted by atomic mass is 10.1. The molecule has 1 aliphatic rings. The van der Waals surface area contributed by atoms with E-state index in [1.807, 2.05) is 66.7 Å². The van der Waals surface area contributed by atoms with Crippen molar-refractivity contribution < 1.29 is 9.53 Å². The number of carbonyl (C=O) groups excluding carboxylic acids is 1. The van der Waals surface area contributed by atoms with Gasteiger partial charge < -0.3 is 10.1 Å². The summed E-state index contributed by atoms with van der Waals surface area (Å²) in [7, 11) is 1.66. The van der Waals surface area contributed by atoms with Gasteiger partial charge in [-0.25, -0.2) is 4.98 Å². The second kappa shape index (κ2) is 9.97. The van der Waals surface area contributed by atoms with E-state index in [1.165, 1.54) is 0 Å². The van der Waals surface area contributed by atoms with Crippen molar-refractivity contribution in [1.82, 2.24) is 10.3 Å². The number of nitrogens with one attached hydrogen (secondary N) is 1. The number of hydrogen-bond donors (Lipinski definition) is 1. The molecule has 1 amide bonds. The molecule has 4 rings (SSSR count). The molecule has 0 unspecified atom stereocenters. The lowest BCUT2D eigenvalue weighted by Gasteiger charge is -2.17. The summed E-state index contributed by atoms with van der Waals surface area (Å²) in [5.74, 6) is 1.35. The molecular formula is C25H23N3O2S2. The summed E-state index contributed by atoms with van der Waals surface area (Å²) < 4.78 is 5.53. The van der Waals surface area contributed by atoms with Crippen molar-refractivity contribution in [2.45, 2.75) is 24.1 Å². The average Bonchev–Trinajstić information content (AvgIpc) is 3.10. The Kier molecular flexibility index (Phi) is 6.87. The fourth-order valence-corrected chi connectivity index (χ4v) is 4.66. The van der Waals surface area contributed by atoms with Crippen LogP contribution in [0.15, 0.2) is 77.6 Å². The highest BCUT2D eigenvalue weighted by Crippen LogP contribution is 2.30. The zero-order valence-corrected chi connectivity index (χ0v) is 19.5. The van der Waals surface area contributed by atoms with Crippen LogP contribution < -0.4 is 15.0 Å². The molecule has 0 aliphatic carbocycles. The van der Waals surface area contributed by atoms with Gasteiger partial charge in [0.25, 0.3) is 5.91 Å². The molecule has 0 saturated carbocycles. The minimum Gasteiger partial charge on any atom is -0.496 e. The highest BCUT2D eigenvalue weighted by molar-refractivity contribution is 7.98. The second-order valence-corrected chi connectivity index (χ2v) is 8.52. The van der Waals surface area contributed by atoms with Crippen LogP contribution in [0.2, 0.25) is 0 Å². The van der Waals surface area contributed by atoms with Crippen molar-refractivity contribution in [3.63, 3.8) is 0 Å². The first kappa shape index (κ1) is 22.0. The molecule has 0 radical (unpaired) electrons. The number of nitrogens with zero attached hydrogens (tertiary/aromatic N) is 2. The number of carbonyl (C=O) groups is 1. The molecule has 1 N–H and O–H groups in total. The average molecular weight is 462 g/mol.